The quantitative estimate of drug-likeness (QED) is 0.807. The molecule has 118 valence electrons. The van der Waals surface area contributed by atoms with E-state index in [9.17, 15) is 4.79 Å². The van der Waals surface area contributed by atoms with Crippen molar-refractivity contribution in [2.24, 2.45) is 7.05 Å². The lowest BCUT2D eigenvalue weighted by Crippen LogP contribution is -2.07. The molecule has 0 aliphatic carbocycles. The van der Waals surface area contributed by atoms with E-state index < -0.39 is 0 Å². The van der Waals surface area contributed by atoms with Crippen molar-refractivity contribution in [3.8, 4) is 17.3 Å². The lowest BCUT2D eigenvalue weighted by atomic mass is 10.1. The highest BCUT2D eigenvalue weighted by Gasteiger charge is 2.13. The molecule has 1 N–H and O–H groups in total. The fourth-order valence-electron chi connectivity index (χ4n) is 2.60. The number of carbonyl (C=O) groups excluding carboxylic acids is 1. The molecule has 0 bridgehead atoms. The minimum Gasteiger partial charge on any atom is -0.495 e. The van der Waals surface area contributed by atoms with E-state index in [4.69, 9.17) is 9.72 Å². The molecular weight excluding hydrogens is 292 g/mol. The second-order valence-corrected chi connectivity index (χ2v) is 5.44. The average Bonchev–Trinajstić information content (AvgIpc) is 2.92. The van der Waals surface area contributed by atoms with Crippen molar-refractivity contribution in [3.05, 3.63) is 36.2 Å². The first-order valence-electron chi connectivity index (χ1n) is 7.24. The zero-order valence-electron chi connectivity index (χ0n) is 13.5. The van der Waals surface area contributed by atoms with Gasteiger partial charge in [-0.25, -0.2) is 9.97 Å². The predicted molar refractivity (Wildman–Crippen MR) is 89.5 cm³/mol. The second-order valence-electron chi connectivity index (χ2n) is 5.44. The van der Waals surface area contributed by atoms with Crippen molar-refractivity contribution in [2.45, 2.75) is 13.8 Å². The van der Waals surface area contributed by atoms with Gasteiger partial charge in [0, 0.05) is 31.8 Å². The van der Waals surface area contributed by atoms with Gasteiger partial charge in [0.25, 0.3) is 0 Å². The molecule has 1 aromatic carbocycles. The number of carbonyl (C=O) groups is 1. The lowest BCUT2D eigenvalue weighted by Gasteiger charge is -2.13. The van der Waals surface area contributed by atoms with E-state index in [0.29, 0.717) is 11.4 Å². The molecule has 23 heavy (non-hydrogen) atoms. The van der Waals surface area contributed by atoms with Crippen molar-refractivity contribution in [3.63, 3.8) is 0 Å². The molecule has 6 nitrogen and oxygen atoms in total. The van der Waals surface area contributed by atoms with Crippen LogP contribution in [0.3, 0.4) is 0 Å². The Kier molecular flexibility index (Phi) is 3.73. The van der Waals surface area contributed by atoms with Crippen molar-refractivity contribution in [1.82, 2.24) is 14.5 Å². The highest BCUT2D eigenvalue weighted by atomic mass is 16.5. The average molecular weight is 310 g/mol. The van der Waals surface area contributed by atoms with E-state index in [-0.39, 0.29) is 5.91 Å². The summed E-state index contributed by atoms with van der Waals surface area (Å²) in [6.07, 6.45) is 3.63. The number of nitrogens with one attached hydrogen (secondary N) is 1. The Morgan fingerprint density at radius 1 is 1.30 bits per heavy atom. The molecule has 2 aromatic heterocycles. The van der Waals surface area contributed by atoms with Crippen LogP contribution in [0.1, 0.15) is 12.5 Å². The van der Waals surface area contributed by atoms with Gasteiger partial charge >= 0.3 is 0 Å². The zero-order chi connectivity index (χ0) is 16.6. The molecule has 0 spiro atoms. The third-order valence-electron chi connectivity index (χ3n) is 3.70. The maximum atomic E-state index is 11.4. The summed E-state index contributed by atoms with van der Waals surface area (Å²) in [6.45, 7) is 3.49. The largest absolute Gasteiger partial charge is 0.495 e. The first-order chi connectivity index (χ1) is 11.0. The number of methoxy groups -OCH3 is 1. The third kappa shape index (κ3) is 2.75. The van der Waals surface area contributed by atoms with Gasteiger partial charge in [0.2, 0.25) is 5.91 Å². The van der Waals surface area contributed by atoms with Crippen LogP contribution in [0.5, 0.6) is 5.75 Å². The highest BCUT2D eigenvalue weighted by Crippen LogP contribution is 2.32. The number of aromatic nitrogens is 3. The van der Waals surface area contributed by atoms with Crippen molar-refractivity contribution >= 4 is 22.5 Å². The minimum absolute atomic E-state index is 0.153. The molecule has 0 radical (unpaired) electrons. The molecule has 0 atom stereocenters. The Morgan fingerprint density at radius 2 is 2.09 bits per heavy atom. The van der Waals surface area contributed by atoms with Crippen LogP contribution < -0.4 is 10.1 Å². The van der Waals surface area contributed by atoms with Crippen LogP contribution in [0.4, 0.5) is 5.69 Å². The number of fused-ring (bicyclic) bond motifs is 1. The van der Waals surface area contributed by atoms with Gasteiger partial charge in [-0.15, -0.1) is 0 Å². The van der Waals surface area contributed by atoms with E-state index in [1.54, 1.807) is 13.3 Å². The minimum atomic E-state index is -0.153. The normalized spacial score (nSPS) is 10.8. The fraction of sp³-hybridized carbons (Fsp3) is 0.235. The van der Waals surface area contributed by atoms with Crippen LogP contribution in [-0.2, 0) is 11.8 Å². The number of nitrogens with zero attached hydrogens (tertiary/aromatic N) is 3. The number of amides is 1. The van der Waals surface area contributed by atoms with Gasteiger partial charge < -0.3 is 14.6 Å². The van der Waals surface area contributed by atoms with E-state index in [0.717, 1.165) is 28.0 Å². The summed E-state index contributed by atoms with van der Waals surface area (Å²) in [4.78, 5) is 20.4. The highest BCUT2D eigenvalue weighted by molar-refractivity contribution is 5.96. The molecule has 0 aliphatic rings. The van der Waals surface area contributed by atoms with Crippen LogP contribution in [-0.4, -0.2) is 27.6 Å². The van der Waals surface area contributed by atoms with Crippen LogP contribution in [0.15, 0.2) is 30.6 Å². The first-order valence-corrected chi connectivity index (χ1v) is 7.24. The maximum absolute atomic E-state index is 11.4. The molecule has 6 heteroatoms. The molecule has 3 rings (SSSR count). The van der Waals surface area contributed by atoms with Crippen molar-refractivity contribution in [1.29, 1.82) is 0 Å². The molecular formula is C17H18N4O2. The summed E-state index contributed by atoms with van der Waals surface area (Å²) in [5.41, 5.74) is 3.26. The van der Waals surface area contributed by atoms with E-state index >= 15 is 0 Å². The summed E-state index contributed by atoms with van der Waals surface area (Å²) in [5, 5.41) is 3.76. The van der Waals surface area contributed by atoms with Crippen molar-refractivity contribution < 1.29 is 9.53 Å². The first kappa shape index (κ1) is 15.0. The monoisotopic (exact) mass is 310 g/mol. The smallest absolute Gasteiger partial charge is 0.221 e. The number of hydrogen-bond acceptors (Lipinski definition) is 4. The van der Waals surface area contributed by atoms with Gasteiger partial charge in [0.15, 0.2) is 5.82 Å². The molecule has 2 heterocycles. The maximum Gasteiger partial charge on any atom is 0.221 e. The lowest BCUT2D eigenvalue weighted by molar-refractivity contribution is -0.114. The van der Waals surface area contributed by atoms with Crippen molar-refractivity contribution in [2.75, 3.05) is 12.4 Å². The summed E-state index contributed by atoms with van der Waals surface area (Å²) in [6, 6.07) is 5.72. The molecule has 0 fully saturated rings. The number of anilines is 1. The standard InChI is InChI=1S/C17H18N4O2/c1-10-7-15(17-18-5-6-21(17)3)20-13-9-14(19-11(2)22)16(23-4)8-12(10)13/h5-9H,1-4H3,(H,19,22). The molecule has 0 aliphatic heterocycles. The topological polar surface area (TPSA) is 69.0 Å². The number of aryl methyl sites for hydroxylation is 2. The predicted octanol–water partition coefficient (Wildman–Crippen LogP) is 2.91. The summed E-state index contributed by atoms with van der Waals surface area (Å²) >= 11 is 0. The Bertz CT molecular complexity index is 899. The number of ether oxygens (including phenoxy) is 1. The summed E-state index contributed by atoms with van der Waals surface area (Å²) < 4.78 is 7.29. The number of rotatable bonds is 3. The van der Waals surface area contributed by atoms with Crippen LogP contribution >= 0.6 is 0 Å². The van der Waals surface area contributed by atoms with Gasteiger partial charge in [0.1, 0.15) is 11.4 Å². The number of hydrogen-bond donors (Lipinski definition) is 1. The number of pyridine rings is 1. The fourth-order valence-corrected chi connectivity index (χ4v) is 2.60. The SMILES string of the molecule is COc1cc2c(C)cc(-c3nccn3C)nc2cc1NC(C)=O. The van der Waals surface area contributed by atoms with Gasteiger partial charge in [-0.1, -0.05) is 0 Å². The molecule has 0 saturated carbocycles. The third-order valence-corrected chi connectivity index (χ3v) is 3.70. The Hall–Kier alpha value is -2.89. The van der Waals surface area contributed by atoms with E-state index in [2.05, 4.69) is 10.3 Å². The van der Waals surface area contributed by atoms with Crippen LogP contribution in [0.2, 0.25) is 0 Å². The molecule has 3 aromatic rings. The Labute approximate surface area is 134 Å². The zero-order valence-corrected chi connectivity index (χ0v) is 13.5. The van der Waals surface area contributed by atoms with Crippen LogP contribution in [0, 0.1) is 6.92 Å². The molecule has 0 unspecified atom stereocenters. The molecule has 0 saturated heterocycles. The van der Waals surface area contributed by atoms with Gasteiger partial charge in [-0.05, 0) is 30.7 Å². The number of imidazole rings is 1. The Morgan fingerprint density at radius 3 is 2.70 bits per heavy atom. The number of benzene rings is 1. The second kappa shape index (κ2) is 5.72. The van der Waals surface area contributed by atoms with Gasteiger partial charge in [-0.3, -0.25) is 4.79 Å². The summed E-state index contributed by atoms with van der Waals surface area (Å²) in [5.74, 6) is 1.26. The van der Waals surface area contributed by atoms with Gasteiger partial charge in [0.05, 0.1) is 18.3 Å². The molecule has 1 amide bonds. The van der Waals surface area contributed by atoms with E-state index in [1.165, 1.54) is 6.92 Å². The van der Waals surface area contributed by atoms with Crippen LogP contribution in [0.25, 0.3) is 22.4 Å². The Balaban J connectivity index is 2.22. The van der Waals surface area contributed by atoms with E-state index in [1.807, 2.05) is 42.9 Å². The van der Waals surface area contributed by atoms with Gasteiger partial charge in [-0.2, -0.15) is 0 Å². The summed E-state index contributed by atoms with van der Waals surface area (Å²) in [7, 11) is 3.51.